The summed E-state index contributed by atoms with van der Waals surface area (Å²) in [6, 6.07) is 4.97. The van der Waals surface area contributed by atoms with Crippen LogP contribution in [0.1, 0.15) is 38.1 Å². The van der Waals surface area contributed by atoms with E-state index in [-0.39, 0.29) is 17.9 Å². The SMILES string of the molecule is COc1ccc(OC2CCN(c3nc4c(nc3NC(C)C)CNCC4)CC2)c(F)c1.O=C(O)C(F)(F)F. The van der Waals surface area contributed by atoms with Crippen molar-refractivity contribution in [1.29, 1.82) is 0 Å². The summed E-state index contributed by atoms with van der Waals surface area (Å²) in [6.07, 6.45) is -2.62. The summed E-state index contributed by atoms with van der Waals surface area (Å²) in [5.41, 5.74) is 2.11. The lowest BCUT2D eigenvalue weighted by Gasteiger charge is -2.34. The largest absolute Gasteiger partial charge is 0.497 e. The van der Waals surface area contributed by atoms with Crippen molar-refractivity contribution in [3.8, 4) is 11.5 Å². The van der Waals surface area contributed by atoms with Crippen LogP contribution in [0.15, 0.2) is 18.2 Å². The highest BCUT2D eigenvalue weighted by Crippen LogP contribution is 2.30. The molecule has 0 saturated carbocycles. The highest BCUT2D eigenvalue weighted by molar-refractivity contribution is 5.73. The van der Waals surface area contributed by atoms with Crippen molar-refractivity contribution in [2.24, 2.45) is 0 Å². The molecule has 0 bridgehead atoms. The lowest BCUT2D eigenvalue weighted by Crippen LogP contribution is -2.40. The average Bonchev–Trinajstić information content (AvgIpc) is 2.85. The average molecular weight is 530 g/mol. The molecule has 0 spiro atoms. The third-order valence-corrected chi connectivity index (χ3v) is 5.71. The zero-order chi connectivity index (χ0) is 27.2. The maximum absolute atomic E-state index is 14.2. The third-order valence-electron chi connectivity index (χ3n) is 5.71. The van der Waals surface area contributed by atoms with Gasteiger partial charge in [0.15, 0.2) is 23.2 Å². The Morgan fingerprint density at radius 2 is 1.89 bits per heavy atom. The van der Waals surface area contributed by atoms with E-state index in [2.05, 4.69) is 29.4 Å². The molecule has 13 heteroatoms. The number of rotatable bonds is 6. The van der Waals surface area contributed by atoms with Crippen LogP contribution in [-0.4, -0.2) is 66.1 Å². The number of carbonyl (C=O) groups is 1. The molecule has 0 atom stereocenters. The molecule has 0 unspecified atom stereocenters. The van der Waals surface area contributed by atoms with Crippen molar-refractivity contribution in [2.45, 2.75) is 58.0 Å². The van der Waals surface area contributed by atoms with E-state index in [1.54, 1.807) is 12.1 Å². The second-order valence-electron chi connectivity index (χ2n) is 8.92. The van der Waals surface area contributed by atoms with Gasteiger partial charge in [0, 0.05) is 57.5 Å². The van der Waals surface area contributed by atoms with Crippen molar-refractivity contribution < 1.29 is 36.9 Å². The number of benzene rings is 1. The zero-order valence-electron chi connectivity index (χ0n) is 20.9. The first-order valence-electron chi connectivity index (χ1n) is 11.9. The molecule has 4 rings (SSSR count). The van der Waals surface area contributed by atoms with Gasteiger partial charge in [0.05, 0.1) is 18.5 Å². The number of alkyl halides is 3. The molecule has 2 aliphatic rings. The molecular weight excluding hydrogens is 498 g/mol. The molecule has 1 aromatic carbocycles. The van der Waals surface area contributed by atoms with E-state index in [0.29, 0.717) is 5.75 Å². The number of aliphatic carboxylic acids is 1. The van der Waals surface area contributed by atoms with Gasteiger partial charge in [-0.2, -0.15) is 13.2 Å². The number of piperidine rings is 1. The zero-order valence-corrected chi connectivity index (χ0v) is 20.9. The Kier molecular flexibility index (Phi) is 9.35. The molecule has 0 amide bonds. The number of halogens is 4. The molecule has 2 aliphatic heterocycles. The number of carboxylic acids is 1. The minimum absolute atomic E-state index is 0.0274. The predicted molar refractivity (Wildman–Crippen MR) is 129 cm³/mol. The summed E-state index contributed by atoms with van der Waals surface area (Å²) >= 11 is 0. The first kappa shape index (κ1) is 28.2. The fraction of sp³-hybridized carbons (Fsp3) is 0.542. The minimum atomic E-state index is -5.08. The number of hydrogen-bond acceptors (Lipinski definition) is 8. The van der Waals surface area contributed by atoms with E-state index in [1.807, 2.05) is 0 Å². The maximum Gasteiger partial charge on any atom is 0.490 e. The number of nitrogens with one attached hydrogen (secondary N) is 2. The Bertz CT molecular complexity index is 1080. The van der Waals surface area contributed by atoms with Crippen LogP contribution in [0.3, 0.4) is 0 Å². The van der Waals surface area contributed by atoms with Crippen LogP contribution in [0.25, 0.3) is 0 Å². The van der Waals surface area contributed by atoms with Crippen LogP contribution in [0, 0.1) is 5.82 Å². The Labute approximate surface area is 212 Å². The number of ether oxygens (including phenoxy) is 2. The normalized spacial score (nSPS) is 15.9. The maximum atomic E-state index is 14.2. The highest BCUT2D eigenvalue weighted by atomic mass is 19.4. The number of carboxylic acid groups (broad SMARTS) is 1. The van der Waals surface area contributed by atoms with Crippen molar-refractivity contribution in [3.05, 3.63) is 35.4 Å². The van der Waals surface area contributed by atoms with Gasteiger partial charge in [-0.3, -0.25) is 0 Å². The van der Waals surface area contributed by atoms with E-state index in [4.69, 9.17) is 29.3 Å². The van der Waals surface area contributed by atoms with Crippen molar-refractivity contribution in [1.82, 2.24) is 15.3 Å². The molecule has 37 heavy (non-hydrogen) atoms. The van der Waals surface area contributed by atoms with Crippen molar-refractivity contribution in [3.63, 3.8) is 0 Å². The van der Waals surface area contributed by atoms with Crippen molar-refractivity contribution >= 4 is 17.6 Å². The van der Waals surface area contributed by atoms with Crippen LogP contribution in [-0.2, 0) is 17.8 Å². The summed E-state index contributed by atoms with van der Waals surface area (Å²) in [6.45, 7) is 7.49. The Morgan fingerprint density at radius 3 is 2.46 bits per heavy atom. The molecule has 0 aliphatic carbocycles. The number of anilines is 2. The fourth-order valence-corrected chi connectivity index (χ4v) is 3.91. The standard InChI is InChI=1S/C22H30FN5O2.C2HF3O2/c1-14(2)25-21-22(27-18-6-9-24-13-19(18)26-21)28-10-7-15(8-11-28)30-20-5-4-16(29-3)12-17(20)23;3-2(4,5)1(6)7/h4-5,12,14-15,24H,6-11,13H2,1-3H3,(H,25,26);(H,6,7). The van der Waals surface area contributed by atoms with Crippen LogP contribution in [0.2, 0.25) is 0 Å². The minimum Gasteiger partial charge on any atom is -0.497 e. The summed E-state index contributed by atoms with van der Waals surface area (Å²) in [5.74, 6) is -0.633. The van der Waals surface area contributed by atoms with Gasteiger partial charge in [-0.25, -0.2) is 19.2 Å². The number of hydrogen-bond donors (Lipinski definition) is 3. The second-order valence-corrected chi connectivity index (χ2v) is 8.92. The molecule has 9 nitrogen and oxygen atoms in total. The Balaban J connectivity index is 0.000000479. The molecule has 3 N–H and O–H groups in total. The first-order valence-corrected chi connectivity index (χ1v) is 11.9. The van der Waals surface area contributed by atoms with E-state index < -0.39 is 18.0 Å². The quantitative estimate of drug-likeness (QED) is 0.482. The van der Waals surface area contributed by atoms with Crippen LogP contribution in [0.5, 0.6) is 11.5 Å². The summed E-state index contributed by atoms with van der Waals surface area (Å²) in [5, 5.41) is 13.9. The molecule has 1 aromatic heterocycles. The highest BCUT2D eigenvalue weighted by Gasteiger charge is 2.38. The third kappa shape index (κ3) is 7.81. The van der Waals surface area contributed by atoms with Gasteiger partial charge in [-0.15, -0.1) is 0 Å². The summed E-state index contributed by atoms with van der Waals surface area (Å²) in [4.78, 5) is 21.0. The molecule has 204 valence electrons. The number of aromatic nitrogens is 2. The predicted octanol–water partition coefficient (Wildman–Crippen LogP) is 3.77. The van der Waals surface area contributed by atoms with Crippen LogP contribution < -0.4 is 25.0 Å². The van der Waals surface area contributed by atoms with Crippen molar-refractivity contribution in [2.75, 3.05) is 37.0 Å². The molecule has 2 aromatic rings. The number of methoxy groups -OCH3 is 1. The number of fused-ring (bicyclic) bond motifs is 1. The lowest BCUT2D eigenvalue weighted by atomic mass is 10.1. The van der Waals surface area contributed by atoms with Gasteiger partial charge < -0.3 is 30.1 Å². The molecule has 1 saturated heterocycles. The fourth-order valence-electron chi connectivity index (χ4n) is 3.91. The molecule has 3 heterocycles. The molecular formula is C24H31F4N5O4. The van der Waals surface area contributed by atoms with Crippen LogP contribution >= 0.6 is 0 Å². The van der Waals surface area contributed by atoms with E-state index >= 15 is 0 Å². The summed E-state index contributed by atoms with van der Waals surface area (Å²) in [7, 11) is 1.52. The summed E-state index contributed by atoms with van der Waals surface area (Å²) < 4.78 is 57.0. The number of nitrogens with zero attached hydrogens (tertiary/aromatic N) is 3. The second kappa shape index (κ2) is 12.3. The van der Waals surface area contributed by atoms with Gasteiger partial charge >= 0.3 is 12.1 Å². The smallest absolute Gasteiger partial charge is 0.490 e. The van der Waals surface area contributed by atoms with Gasteiger partial charge in [0.25, 0.3) is 0 Å². The lowest BCUT2D eigenvalue weighted by molar-refractivity contribution is -0.192. The van der Waals surface area contributed by atoms with E-state index in [0.717, 1.165) is 68.5 Å². The molecule has 0 radical (unpaired) electrons. The molecule has 1 fully saturated rings. The Hall–Kier alpha value is -3.35. The first-order chi connectivity index (χ1) is 17.5. The Morgan fingerprint density at radius 1 is 1.22 bits per heavy atom. The topological polar surface area (TPSA) is 109 Å². The van der Waals surface area contributed by atoms with Crippen LogP contribution in [0.4, 0.5) is 29.2 Å². The van der Waals surface area contributed by atoms with Gasteiger partial charge in [0.1, 0.15) is 11.9 Å². The van der Waals surface area contributed by atoms with E-state index in [9.17, 15) is 17.6 Å². The van der Waals surface area contributed by atoms with Gasteiger partial charge in [0.2, 0.25) is 0 Å². The van der Waals surface area contributed by atoms with Gasteiger partial charge in [-0.05, 0) is 26.0 Å². The van der Waals surface area contributed by atoms with E-state index in [1.165, 1.54) is 13.2 Å². The van der Waals surface area contributed by atoms with Gasteiger partial charge in [-0.1, -0.05) is 0 Å². The monoisotopic (exact) mass is 529 g/mol.